The Kier molecular flexibility index (Phi) is 42.9. The van der Waals surface area contributed by atoms with E-state index in [-0.39, 0.29) is 12.5 Å². The molecule has 0 bridgehead atoms. The van der Waals surface area contributed by atoms with Gasteiger partial charge in [0, 0.05) is 6.42 Å². The summed E-state index contributed by atoms with van der Waals surface area (Å²) in [5.41, 5.74) is 0. The number of hydrogen-bond acceptors (Lipinski definition) is 6. The van der Waals surface area contributed by atoms with E-state index < -0.39 is 26.6 Å². The molecule has 0 radical (unpaired) electrons. The minimum atomic E-state index is -4.61. The Bertz CT molecular complexity index is 1450. The van der Waals surface area contributed by atoms with Gasteiger partial charge in [0.25, 0.3) is 7.82 Å². The Hall–Kier alpha value is -3.10. The smallest absolute Gasteiger partial charge is 0.268 e. The van der Waals surface area contributed by atoms with Crippen LogP contribution >= 0.6 is 7.82 Å². The van der Waals surface area contributed by atoms with Gasteiger partial charge in [0.1, 0.15) is 13.2 Å². The predicted octanol–water partition coefficient (Wildman–Crippen LogP) is 14.0. The predicted molar refractivity (Wildman–Crippen MR) is 274 cm³/mol. The van der Waals surface area contributed by atoms with Gasteiger partial charge in [-0.1, -0.05) is 180 Å². The molecule has 0 saturated carbocycles. The number of amides is 1. The number of carbonyl (C=O) groups is 1. The van der Waals surface area contributed by atoms with Crippen LogP contribution in [-0.2, 0) is 18.4 Å². The van der Waals surface area contributed by atoms with Gasteiger partial charge in [-0.25, -0.2) is 0 Å². The molecule has 8 nitrogen and oxygen atoms in total. The van der Waals surface area contributed by atoms with Crippen LogP contribution in [-0.4, -0.2) is 68.5 Å². The zero-order chi connectivity index (χ0) is 47.1. The fraction of sp³-hybridized carbons (Fsp3) is 0.618. The quantitative estimate of drug-likeness (QED) is 0.0273. The molecule has 1 amide bonds. The van der Waals surface area contributed by atoms with Crippen LogP contribution in [0.3, 0.4) is 0 Å². The van der Waals surface area contributed by atoms with Gasteiger partial charge >= 0.3 is 0 Å². The maximum Gasteiger partial charge on any atom is 0.268 e. The summed E-state index contributed by atoms with van der Waals surface area (Å²) in [5, 5.41) is 13.8. The lowest BCUT2D eigenvalue weighted by molar-refractivity contribution is -0.870. The molecule has 0 aromatic heterocycles. The van der Waals surface area contributed by atoms with E-state index in [1.807, 2.05) is 27.2 Å². The second-order valence-electron chi connectivity index (χ2n) is 17.4. The maximum atomic E-state index is 12.9. The van der Waals surface area contributed by atoms with Crippen molar-refractivity contribution in [1.29, 1.82) is 0 Å². The van der Waals surface area contributed by atoms with Gasteiger partial charge in [0.2, 0.25) is 5.91 Å². The highest BCUT2D eigenvalue weighted by atomic mass is 31.2. The van der Waals surface area contributed by atoms with Gasteiger partial charge < -0.3 is 28.8 Å². The Morgan fingerprint density at radius 2 is 0.969 bits per heavy atom. The summed E-state index contributed by atoms with van der Waals surface area (Å²) < 4.78 is 23.2. The van der Waals surface area contributed by atoms with Crippen LogP contribution in [0.15, 0.2) is 122 Å². The van der Waals surface area contributed by atoms with Crippen molar-refractivity contribution in [3.8, 4) is 0 Å². The number of likely N-dealkylation sites (N-methyl/N-ethyl adjacent to an activating group) is 1. The third kappa shape index (κ3) is 46.9. The standard InChI is InChI=1S/C55H93N2O6P/c1-6-8-10-12-14-16-18-20-21-22-23-24-25-26-27-28-29-30-31-32-33-34-35-37-39-41-43-45-47-49-55(59)56-53(52-63-64(60,61)62-51-50-57(3,4)5)54(58)48-46-44-42-40-38-36-19-17-15-13-11-9-7-2/h8,10,14-17,20-21,23-24,26-27,29-30,32-33,38,40,46,48,53-54,58H,6-7,9,11-13,18-19,22,25,28,31,34-37,39,41-45,47,49-52H2,1-5H3,(H-,56,59,60,61)/b10-8-,16-14-,17-15+,21-20-,24-23-,27-26-,30-29-,33-32-,40-38+,48-46+. The molecule has 0 rings (SSSR count). The topological polar surface area (TPSA) is 108 Å². The summed E-state index contributed by atoms with van der Waals surface area (Å²) in [6.45, 7) is 4.43. The Balaban J connectivity index is 4.33. The van der Waals surface area contributed by atoms with Crippen LogP contribution in [0.5, 0.6) is 0 Å². The molecule has 64 heavy (non-hydrogen) atoms. The van der Waals surface area contributed by atoms with Crippen molar-refractivity contribution >= 4 is 13.7 Å². The number of quaternary nitrogens is 1. The highest BCUT2D eigenvalue weighted by molar-refractivity contribution is 7.45. The molecule has 0 aliphatic rings. The van der Waals surface area contributed by atoms with Crippen molar-refractivity contribution < 1.29 is 32.9 Å². The number of carbonyl (C=O) groups excluding carboxylic acids is 1. The minimum absolute atomic E-state index is 0.0186. The third-order valence-electron chi connectivity index (χ3n) is 10.1. The second kappa shape index (κ2) is 45.1. The van der Waals surface area contributed by atoms with Crippen molar-refractivity contribution in [2.24, 2.45) is 0 Å². The van der Waals surface area contributed by atoms with Crippen molar-refractivity contribution in [1.82, 2.24) is 5.32 Å². The zero-order valence-electron chi connectivity index (χ0n) is 41.2. The SMILES string of the molecule is CC/C=C\C/C=C\C/C=C\C/C=C\C/C=C\C/C=C\C/C=C\CCCCCCCCCC(=O)NC(COP(=O)([O-])OCC[N+](C)(C)C)C(O)/C=C/CC/C=C/CC/C=C/CCCCC. The third-order valence-corrected chi connectivity index (χ3v) is 11.1. The van der Waals surface area contributed by atoms with Crippen LogP contribution in [0.25, 0.3) is 0 Å². The van der Waals surface area contributed by atoms with E-state index in [2.05, 4.69) is 129 Å². The lowest BCUT2D eigenvalue weighted by atomic mass is 10.1. The molecule has 0 spiro atoms. The Labute approximate surface area is 393 Å². The van der Waals surface area contributed by atoms with E-state index in [1.165, 1.54) is 38.5 Å². The van der Waals surface area contributed by atoms with E-state index in [9.17, 15) is 19.4 Å². The van der Waals surface area contributed by atoms with Crippen molar-refractivity contribution in [3.63, 3.8) is 0 Å². The molecule has 0 fully saturated rings. The maximum absolute atomic E-state index is 12.9. The number of nitrogens with one attached hydrogen (secondary N) is 1. The minimum Gasteiger partial charge on any atom is -0.756 e. The van der Waals surface area contributed by atoms with Crippen molar-refractivity contribution in [2.75, 3.05) is 40.9 Å². The molecule has 0 aromatic carbocycles. The van der Waals surface area contributed by atoms with Gasteiger partial charge in [0.05, 0.1) is 39.9 Å². The number of nitrogens with zero attached hydrogens (tertiary/aromatic N) is 1. The Morgan fingerprint density at radius 3 is 1.45 bits per heavy atom. The van der Waals surface area contributed by atoms with Gasteiger partial charge in [-0.3, -0.25) is 9.36 Å². The highest BCUT2D eigenvalue weighted by Gasteiger charge is 2.23. The first-order valence-electron chi connectivity index (χ1n) is 24.9. The number of unbranched alkanes of at least 4 members (excludes halogenated alkanes) is 12. The largest absolute Gasteiger partial charge is 0.756 e. The monoisotopic (exact) mass is 909 g/mol. The molecule has 364 valence electrons. The fourth-order valence-corrected chi connectivity index (χ4v) is 6.94. The number of allylic oxidation sites excluding steroid dienone is 19. The Morgan fingerprint density at radius 1 is 0.562 bits per heavy atom. The summed E-state index contributed by atoms with van der Waals surface area (Å²) in [6.07, 6.45) is 66.9. The van der Waals surface area contributed by atoms with E-state index in [0.717, 1.165) is 109 Å². The first-order chi connectivity index (χ1) is 31.0. The van der Waals surface area contributed by atoms with Gasteiger partial charge in [-0.15, -0.1) is 0 Å². The number of phosphoric ester groups is 1. The first kappa shape index (κ1) is 60.9. The summed E-state index contributed by atoms with van der Waals surface area (Å²) in [7, 11) is 1.20. The number of aliphatic hydroxyl groups excluding tert-OH is 1. The van der Waals surface area contributed by atoms with Crippen LogP contribution in [0.2, 0.25) is 0 Å². The molecule has 0 saturated heterocycles. The molecule has 2 N–H and O–H groups in total. The van der Waals surface area contributed by atoms with Gasteiger partial charge in [0.15, 0.2) is 0 Å². The number of rotatable bonds is 43. The van der Waals surface area contributed by atoms with E-state index >= 15 is 0 Å². The zero-order valence-corrected chi connectivity index (χ0v) is 42.1. The summed E-state index contributed by atoms with van der Waals surface area (Å²) in [5.74, 6) is -0.231. The second-order valence-corrected chi connectivity index (χ2v) is 18.8. The normalized spacial score (nSPS) is 15.2. The van der Waals surface area contributed by atoms with Crippen molar-refractivity contribution in [3.05, 3.63) is 122 Å². The number of hydrogen-bond donors (Lipinski definition) is 2. The summed E-state index contributed by atoms with van der Waals surface area (Å²) in [6, 6.07) is -0.924. The molecule has 0 aliphatic heterocycles. The molecular weight excluding hydrogens is 816 g/mol. The molecule has 0 aromatic rings. The lowest BCUT2D eigenvalue weighted by Gasteiger charge is -2.29. The van der Waals surface area contributed by atoms with Crippen LogP contribution in [0, 0.1) is 0 Å². The lowest BCUT2D eigenvalue weighted by Crippen LogP contribution is -2.45. The first-order valence-corrected chi connectivity index (χ1v) is 26.4. The molecular formula is C55H93N2O6P. The summed E-state index contributed by atoms with van der Waals surface area (Å²) >= 11 is 0. The molecule has 0 aliphatic carbocycles. The fourth-order valence-electron chi connectivity index (χ4n) is 6.22. The highest BCUT2D eigenvalue weighted by Crippen LogP contribution is 2.38. The molecule has 9 heteroatoms. The van der Waals surface area contributed by atoms with E-state index in [1.54, 1.807) is 6.08 Å². The number of aliphatic hydroxyl groups is 1. The number of phosphoric acid groups is 1. The van der Waals surface area contributed by atoms with Crippen LogP contribution < -0.4 is 10.2 Å². The summed E-state index contributed by atoms with van der Waals surface area (Å²) in [4.78, 5) is 25.4. The van der Waals surface area contributed by atoms with E-state index in [0.29, 0.717) is 17.4 Å². The van der Waals surface area contributed by atoms with E-state index in [4.69, 9.17) is 9.05 Å². The molecule has 3 atom stereocenters. The van der Waals surface area contributed by atoms with Gasteiger partial charge in [-0.2, -0.15) is 0 Å². The molecule has 0 heterocycles. The van der Waals surface area contributed by atoms with Crippen molar-refractivity contribution in [2.45, 2.75) is 180 Å². The average Bonchev–Trinajstić information content (AvgIpc) is 3.25. The molecule has 3 unspecified atom stereocenters. The average molecular weight is 909 g/mol. The van der Waals surface area contributed by atoms with Crippen LogP contribution in [0.1, 0.15) is 168 Å². The van der Waals surface area contributed by atoms with Crippen LogP contribution in [0.4, 0.5) is 0 Å². The van der Waals surface area contributed by atoms with Gasteiger partial charge in [-0.05, 0) is 103 Å².